The molecule has 0 aromatic carbocycles. The second-order valence-electron chi connectivity index (χ2n) is 2.06. The largest absolute Gasteiger partial charge is 1.00 e. The summed E-state index contributed by atoms with van der Waals surface area (Å²) in [6, 6.07) is 0. The van der Waals surface area contributed by atoms with Crippen LogP contribution < -0.4 is 172 Å². The van der Waals surface area contributed by atoms with Crippen LogP contribution in [-0.2, 0) is 31.2 Å². The summed E-state index contributed by atoms with van der Waals surface area (Å²) in [6.07, 6.45) is 0. The monoisotopic (exact) mass is 448 g/mol. The van der Waals surface area contributed by atoms with Crippen molar-refractivity contribution in [2.24, 2.45) is 0 Å². The Bertz CT molecular complexity index is 419. The molecule has 0 bridgehead atoms. The van der Waals surface area contributed by atoms with Crippen molar-refractivity contribution in [3.05, 3.63) is 0 Å². The average Bonchev–Trinajstić information content (AvgIpc) is 1.65. The van der Waals surface area contributed by atoms with E-state index in [1.165, 1.54) is 0 Å². The first-order valence-electron chi connectivity index (χ1n) is 2.94. The summed E-state index contributed by atoms with van der Waals surface area (Å²) in [7, 11) is -24.5. The predicted octanol–water partition coefficient (Wildman–Crippen LogP) is -18.7. The Balaban J connectivity index is -0.000000128. The van der Waals surface area contributed by atoms with Gasteiger partial charge in [0.15, 0.2) is 0 Å². The van der Waals surface area contributed by atoms with E-state index in [2.05, 4.69) is 12.9 Å². The smallest absolute Gasteiger partial charge is 0.790 e. The second kappa shape index (κ2) is 16.4. The molecule has 0 radical (unpaired) electrons. The standard InChI is InChI=1S/5Na.H6O13P4/c;;;;;1-14(2,3)11-16(7,8)13-17(9,10)12-15(4,5)6/h;;;;;(H,7,8)(H,9,10)(H2,1,2,3)(H2,4,5,6)/q5*+1;/p-5. The SMILES string of the molecule is O=P([O-])([O-])OP(=O)([O-])OP(=O)([O-])OP(=O)([O-])O.[Na+].[Na+].[Na+].[Na+].[Na+]. The Morgan fingerprint density at radius 2 is 0.864 bits per heavy atom. The fraction of sp³-hybridized carbons (Fsp3) is 0. The van der Waals surface area contributed by atoms with Crippen LogP contribution >= 0.6 is 31.3 Å². The van der Waals surface area contributed by atoms with Crippen molar-refractivity contribution in [3.8, 4) is 0 Å². The molecule has 0 fully saturated rings. The van der Waals surface area contributed by atoms with Gasteiger partial charge in [0.25, 0.3) is 23.5 Å². The van der Waals surface area contributed by atoms with E-state index < -0.39 is 31.3 Å². The van der Waals surface area contributed by atoms with Crippen LogP contribution in [0.1, 0.15) is 0 Å². The van der Waals surface area contributed by atoms with Gasteiger partial charge < -0.3 is 33.9 Å². The van der Waals surface area contributed by atoms with Gasteiger partial charge in [0.2, 0.25) is 0 Å². The summed E-state index contributed by atoms with van der Waals surface area (Å²) in [5.41, 5.74) is 0. The first-order valence-corrected chi connectivity index (χ1v) is 8.82. The van der Waals surface area contributed by atoms with Crippen LogP contribution in [0.15, 0.2) is 0 Å². The van der Waals surface area contributed by atoms with E-state index in [1.54, 1.807) is 0 Å². The number of hydrogen-bond donors (Lipinski definition) is 1. The molecule has 0 heterocycles. The summed E-state index contributed by atoms with van der Waals surface area (Å²) in [5, 5.41) is 0. The quantitative estimate of drug-likeness (QED) is 0.294. The van der Waals surface area contributed by atoms with E-state index in [-0.39, 0.29) is 148 Å². The molecule has 0 saturated carbocycles. The fourth-order valence-corrected chi connectivity index (χ4v) is 4.15. The minimum Gasteiger partial charge on any atom is -0.790 e. The van der Waals surface area contributed by atoms with Crippen molar-refractivity contribution in [1.29, 1.82) is 0 Å². The average molecular weight is 448 g/mol. The van der Waals surface area contributed by atoms with Crippen molar-refractivity contribution in [3.63, 3.8) is 0 Å². The van der Waals surface area contributed by atoms with E-state index in [9.17, 15) is 42.7 Å². The molecule has 0 aliphatic carbocycles. The van der Waals surface area contributed by atoms with Gasteiger partial charge in [-0.05, 0) is 0 Å². The molecular weight excluding hydrogens is 447 g/mol. The van der Waals surface area contributed by atoms with Gasteiger partial charge in [0.1, 0.15) is 0 Å². The molecule has 0 rings (SSSR count). The van der Waals surface area contributed by atoms with Gasteiger partial charge in [-0.25, -0.2) is 8.62 Å². The Hall–Kier alpha value is 5.56. The number of hydrogen-bond acceptors (Lipinski definition) is 12. The minimum atomic E-state index is -6.23. The molecule has 0 aromatic rings. The van der Waals surface area contributed by atoms with Gasteiger partial charge in [-0.3, -0.25) is 18.0 Å². The van der Waals surface area contributed by atoms with Crippen molar-refractivity contribution in [1.82, 2.24) is 0 Å². The minimum absolute atomic E-state index is 0. The maximum absolute atomic E-state index is 10.5. The third kappa shape index (κ3) is 27.8. The number of phosphoric acid groups is 4. The molecule has 22 heteroatoms. The molecule has 0 aliphatic rings. The fourth-order valence-electron chi connectivity index (χ4n) is 0.401. The molecule has 0 amide bonds. The van der Waals surface area contributed by atoms with Crippen molar-refractivity contribution >= 4 is 31.3 Å². The van der Waals surface area contributed by atoms with Gasteiger partial charge in [-0.1, -0.05) is 0 Å². The molecule has 0 aromatic heterocycles. The van der Waals surface area contributed by atoms with Gasteiger partial charge in [0.05, 0.1) is 7.82 Å². The third-order valence-corrected chi connectivity index (χ3v) is 5.43. The summed E-state index contributed by atoms with van der Waals surface area (Å²) < 4.78 is 48.9. The maximum atomic E-state index is 10.5. The molecule has 13 nitrogen and oxygen atoms in total. The van der Waals surface area contributed by atoms with Crippen LogP contribution in [-0.4, -0.2) is 4.89 Å². The van der Waals surface area contributed by atoms with E-state index in [0.717, 1.165) is 0 Å². The molecule has 22 heavy (non-hydrogen) atoms. The molecule has 1 N–H and O–H groups in total. The molecule has 3 atom stereocenters. The van der Waals surface area contributed by atoms with E-state index in [0.29, 0.717) is 0 Å². The summed E-state index contributed by atoms with van der Waals surface area (Å²) in [4.78, 5) is 58.3. The van der Waals surface area contributed by atoms with E-state index in [1.807, 2.05) is 0 Å². The van der Waals surface area contributed by atoms with Crippen LogP contribution in [0.25, 0.3) is 0 Å². The van der Waals surface area contributed by atoms with Crippen LogP contribution in [0.5, 0.6) is 0 Å². The van der Waals surface area contributed by atoms with Gasteiger partial charge in [-0.15, -0.1) is 0 Å². The first kappa shape index (κ1) is 41.8. The zero-order chi connectivity index (χ0) is 14.1. The zero-order valence-corrected chi connectivity index (χ0v) is 25.7. The van der Waals surface area contributed by atoms with E-state index >= 15 is 0 Å². The summed E-state index contributed by atoms with van der Waals surface area (Å²) >= 11 is 0. The third-order valence-electron chi connectivity index (χ3n) is 0.603. The zero-order valence-electron chi connectivity index (χ0n) is 12.1. The Morgan fingerprint density at radius 1 is 0.591 bits per heavy atom. The molecular formula is HNa5O13P4. The van der Waals surface area contributed by atoms with Crippen LogP contribution in [0, 0.1) is 0 Å². The molecule has 0 aliphatic heterocycles. The Labute approximate surface area is 235 Å². The molecule has 3 unspecified atom stereocenters. The topological polar surface area (TPSA) is 232 Å². The first-order chi connectivity index (χ1) is 7.12. The van der Waals surface area contributed by atoms with Crippen molar-refractivity contribution < 1.29 is 208 Å². The van der Waals surface area contributed by atoms with Crippen LogP contribution in [0.3, 0.4) is 0 Å². The van der Waals surface area contributed by atoms with Crippen molar-refractivity contribution in [2.75, 3.05) is 0 Å². The van der Waals surface area contributed by atoms with Gasteiger partial charge in [0, 0.05) is 0 Å². The summed E-state index contributed by atoms with van der Waals surface area (Å²) in [5.74, 6) is 0. The molecule has 0 saturated heterocycles. The Kier molecular flexibility index (Phi) is 31.1. The maximum Gasteiger partial charge on any atom is 1.00 e. The molecule has 104 valence electrons. The van der Waals surface area contributed by atoms with Crippen LogP contribution in [0.4, 0.5) is 0 Å². The van der Waals surface area contributed by atoms with E-state index in [4.69, 9.17) is 4.89 Å². The van der Waals surface area contributed by atoms with Gasteiger partial charge in [-0.2, -0.15) is 0 Å². The van der Waals surface area contributed by atoms with Crippen molar-refractivity contribution in [2.45, 2.75) is 0 Å². The van der Waals surface area contributed by atoms with Gasteiger partial charge >= 0.3 is 148 Å². The molecule has 0 spiro atoms. The predicted molar refractivity (Wildman–Crippen MR) is 35.9 cm³/mol. The second-order valence-corrected chi connectivity index (χ2v) is 7.64. The normalized spacial score (nSPS) is 18.1. The number of rotatable bonds is 6. The summed E-state index contributed by atoms with van der Waals surface area (Å²) in [6.45, 7) is 0. The van der Waals surface area contributed by atoms with Crippen LogP contribution in [0.2, 0.25) is 0 Å². The Morgan fingerprint density at radius 3 is 1.09 bits per heavy atom.